The lowest BCUT2D eigenvalue weighted by Crippen LogP contribution is -2.63. The van der Waals surface area contributed by atoms with Crippen LogP contribution in [-0.4, -0.2) is 78.1 Å². The van der Waals surface area contributed by atoms with E-state index in [1.807, 2.05) is 6.92 Å². The summed E-state index contributed by atoms with van der Waals surface area (Å²) in [6.45, 7) is 3.75. The molecule has 1 amide bonds. The number of carbonyl (C=O) groups excluding carboxylic acids is 2. The number of amides is 1. The zero-order valence-electron chi connectivity index (χ0n) is 16.8. The van der Waals surface area contributed by atoms with Crippen molar-refractivity contribution in [2.75, 3.05) is 6.54 Å². The van der Waals surface area contributed by atoms with E-state index in [-0.39, 0.29) is 29.0 Å². The molecule has 0 aromatic carbocycles. The van der Waals surface area contributed by atoms with Crippen LogP contribution in [0.15, 0.2) is 18.2 Å². The van der Waals surface area contributed by atoms with Crippen molar-refractivity contribution in [3.05, 3.63) is 28.8 Å². The van der Waals surface area contributed by atoms with E-state index >= 15 is 0 Å². The molecular weight excluding hydrogens is 424 g/mol. The van der Waals surface area contributed by atoms with Crippen molar-refractivity contribution in [2.45, 2.75) is 44.6 Å². The van der Waals surface area contributed by atoms with Gasteiger partial charge in [-0.1, -0.05) is 6.92 Å². The summed E-state index contributed by atoms with van der Waals surface area (Å²) in [5.41, 5.74) is 0.730. The number of Topliss-reactive ketones (excluding diaryl/α,β-unsaturated/α-hetero) is 1. The third-order valence-electron chi connectivity index (χ3n) is 6.51. The van der Waals surface area contributed by atoms with Gasteiger partial charge in [0.05, 0.1) is 35.1 Å². The second kappa shape index (κ2) is 6.95. The van der Waals surface area contributed by atoms with Crippen LogP contribution in [0.5, 0.6) is 0 Å². The summed E-state index contributed by atoms with van der Waals surface area (Å²) >= 11 is 1.25. The van der Waals surface area contributed by atoms with Gasteiger partial charge in [-0.15, -0.1) is 11.3 Å². The van der Waals surface area contributed by atoms with Crippen molar-refractivity contribution < 1.29 is 29.7 Å². The number of aliphatic carboxylic acids is 1. The van der Waals surface area contributed by atoms with E-state index in [0.29, 0.717) is 28.2 Å². The van der Waals surface area contributed by atoms with Crippen molar-refractivity contribution in [1.29, 1.82) is 0 Å². The number of thiazole rings is 1. The van der Waals surface area contributed by atoms with Crippen LogP contribution in [0.4, 0.5) is 0 Å². The topological polar surface area (TPSA) is 144 Å². The maximum atomic E-state index is 12.9. The molecule has 11 heteroatoms. The normalized spacial score (nSPS) is 31.3. The molecule has 0 unspecified atom stereocenters. The first kappa shape index (κ1) is 20.3. The average Bonchev–Trinajstić information content (AvgIpc) is 3.42. The fourth-order valence-electron chi connectivity index (χ4n) is 5.07. The van der Waals surface area contributed by atoms with Gasteiger partial charge in [0.1, 0.15) is 22.5 Å². The number of nitrogens with one attached hydrogen (secondary N) is 1. The summed E-state index contributed by atoms with van der Waals surface area (Å²) in [5, 5.41) is 32.6. The fraction of sp³-hybridized carbons (Fsp3) is 0.500. The predicted molar refractivity (Wildman–Crippen MR) is 109 cm³/mol. The highest BCUT2D eigenvalue weighted by Crippen LogP contribution is 2.51. The molecule has 2 fully saturated rings. The van der Waals surface area contributed by atoms with Gasteiger partial charge in [-0.2, -0.15) is 0 Å². The van der Waals surface area contributed by atoms with E-state index in [4.69, 9.17) is 0 Å². The van der Waals surface area contributed by atoms with Gasteiger partial charge in [-0.05, 0) is 13.3 Å². The first-order valence-corrected chi connectivity index (χ1v) is 10.9. The Morgan fingerprint density at radius 2 is 2.13 bits per heavy atom. The van der Waals surface area contributed by atoms with Gasteiger partial charge < -0.3 is 25.5 Å². The van der Waals surface area contributed by atoms with Crippen LogP contribution in [-0.2, 0) is 9.59 Å². The number of nitrogens with zero attached hydrogens (tertiary/aromatic N) is 3. The van der Waals surface area contributed by atoms with Crippen molar-refractivity contribution in [3.63, 3.8) is 0 Å². The van der Waals surface area contributed by atoms with E-state index in [1.165, 1.54) is 29.5 Å². The number of β-lactam (4-membered cyclic amide) rings is 1. The number of aromatic nitrogens is 2. The van der Waals surface area contributed by atoms with Gasteiger partial charge in [0, 0.05) is 24.2 Å². The predicted octanol–water partition coefficient (Wildman–Crippen LogP) is -0.0455. The van der Waals surface area contributed by atoms with Gasteiger partial charge in [0.25, 0.3) is 0 Å². The fourth-order valence-corrected chi connectivity index (χ4v) is 6.29. The molecule has 3 aliphatic rings. The second-order valence-corrected chi connectivity index (χ2v) is 9.47. The van der Waals surface area contributed by atoms with Crippen LogP contribution >= 0.6 is 11.3 Å². The first-order valence-electron chi connectivity index (χ1n) is 10.1. The average molecular weight is 446 g/mol. The molecule has 2 saturated heterocycles. The number of aliphatic hydroxyl groups excluding tert-OH is 2. The maximum absolute atomic E-state index is 12.9. The molecule has 0 spiro atoms. The molecule has 3 aliphatic heterocycles. The second-order valence-electron chi connectivity index (χ2n) is 8.44. The smallest absolute Gasteiger partial charge is 0.352 e. The minimum atomic E-state index is -1.20. The van der Waals surface area contributed by atoms with Gasteiger partial charge >= 0.3 is 5.97 Å². The zero-order valence-corrected chi connectivity index (χ0v) is 17.7. The summed E-state index contributed by atoms with van der Waals surface area (Å²) in [5.74, 6) is -2.71. The standard InChI is InChI=1S/C20H22N4O6S/c1-7-12(16(20(29)30)24-15(7)13(8(2)25)18(24)28)11-5-23-6-22-14(19(23)31-11)17(27)10-3-9(26)4-21-10/h5-10,13,15,21,25-26H,3-4H2,1-2H3,(H,29,30)/t7-,8+,9+,10-,13+,15+/m0/s1. The summed E-state index contributed by atoms with van der Waals surface area (Å²) in [4.78, 5) is 44.2. The zero-order chi connectivity index (χ0) is 22.2. The van der Waals surface area contributed by atoms with Crippen molar-refractivity contribution in [1.82, 2.24) is 19.6 Å². The third kappa shape index (κ3) is 2.80. The number of rotatable bonds is 5. The number of hydrogen-bond acceptors (Lipinski definition) is 8. The Morgan fingerprint density at radius 3 is 2.74 bits per heavy atom. The molecule has 0 saturated carbocycles. The van der Waals surface area contributed by atoms with E-state index in [1.54, 1.807) is 10.6 Å². The molecule has 6 atom stereocenters. The molecule has 31 heavy (non-hydrogen) atoms. The number of imidazole rings is 1. The number of aliphatic hydroxyl groups is 2. The van der Waals surface area contributed by atoms with Gasteiger partial charge in [0.15, 0.2) is 0 Å². The Bertz CT molecular complexity index is 1150. The van der Waals surface area contributed by atoms with E-state index < -0.39 is 36.2 Å². The molecule has 0 radical (unpaired) electrons. The Morgan fingerprint density at radius 1 is 1.39 bits per heavy atom. The minimum absolute atomic E-state index is 0.0645. The summed E-state index contributed by atoms with van der Waals surface area (Å²) in [6.07, 6.45) is 2.11. The molecule has 0 aliphatic carbocycles. The van der Waals surface area contributed by atoms with E-state index in [9.17, 15) is 29.7 Å². The number of fused-ring (bicyclic) bond motifs is 2. The molecule has 5 rings (SSSR count). The van der Waals surface area contributed by atoms with Gasteiger partial charge in [-0.3, -0.25) is 14.0 Å². The van der Waals surface area contributed by atoms with Gasteiger partial charge in [-0.25, -0.2) is 9.78 Å². The highest BCUT2D eigenvalue weighted by molar-refractivity contribution is 7.18. The Balaban J connectivity index is 1.55. The lowest BCUT2D eigenvalue weighted by atomic mass is 9.77. The van der Waals surface area contributed by atoms with E-state index in [0.717, 1.165) is 0 Å². The van der Waals surface area contributed by atoms with Crippen LogP contribution in [0, 0.1) is 11.8 Å². The number of carboxylic acid groups (broad SMARTS) is 1. The monoisotopic (exact) mass is 446 g/mol. The number of β-amino-alcohol motifs (C(OH)–C–C–N with tert-alkyl or cyclic N) is 1. The first-order chi connectivity index (χ1) is 14.7. The Kier molecular flexibility index (Phi) is 4.56. The lowest BCUT2D eigenvalue weighted by molar-refractivity contribution is -0.163. The van der Waals surface area contributed by atoms with Crippen molar-refractivity contribution in [3.8, 4) is 0 Å². The molecule has 164 valence electrons. The third-order valence-corrected chi connectivity index (χ3v) is 7.65. The van der Waals surface area contributed by atoms with Crippen LogP contribution in [0.3, 0.4) is 0 Å². The number of hydrogen-bond donors (Lipinski definition) is 4. The van der Waals surface area contributed by atoms with Crippen molar-refractivity contribution >= 4 is 39.4 Å². The Labute approximate surface area is 180 Å². The van der Waals surface area contributed by atoms with Crippen LogP contribution in [0.1, 0.15) is 35.6 Å². The molecule has 10 nitrogen and oxygen atoms in total. The van der Waals surface area contributed by atoms with Crippen LogP contribution in [0.2, 0.25) is 0 Å². The summed E-state index contributed by atoms with van der Waals surface area (Å²) in [7, 11) is 0. The molecule has 0 bridgehead atoms. The number of ketones is 1. The van der Waals surface area contributed by atoms with Gasteiger partial charge in [0.2, 0.25) is 11.7 Å². The SMILES string of the molecule is C[C@@H](O)[C@H]1C(=O)N2C(C(=O)O)=C(c3cn4cnc(C(=O)[C@@H]5C[C@@H](O)CN5)c4s3)[C@H](C)[C@H]12. The molecular formula is C20H22N4O6S. The molecule has 2 aromatic rings. The summed E-state index contributed by atoms with van der Waals surface area (Å²) in [6, 6.07) is -0.914. The highest BCUT2D eigenvalue weighted by atomic mass is 32.1. The van der Waals surface area contributed by atoms with E-state index in [2.05, 4.69) is 10.3 Å². The largest absolute Gasteiger partial charge is 0.477 e. The van der Waals surface area contributed by atoms with Crippen LogP contribution in [0.25, 0.3) is 10.4 Å². The van der Waals surface area contributed by atoms with Crippen molar-refractivity contribution in [2.24, 2.45) is 11.8 Å². The Hall–Kier alpha value is -2.60. The maximum Gasteiger partial charge on any atom is 0.352 e. The molecule has 2 aromatic heterocycles. The summed E-state index contributed by atoms with van der Waals surface area (Å²) < 4.78 is 1.68. The molecule has 5 heterocycles. The quantitative estimate of drug-likeness (QED) is 0.370. The minimum Gasteiger partial charge on any atom is -0.477 e. The highest BCUT2D eigenvalue weighted by Gasteiger charge is 2.60. The van der Waals surface area contributed by atoms with Crippen LogP contribution < -0.4 is 5.32 Å². The molecule has 4 N–H and O–H groups in total. The lowest BCUT2D eigenvalue weighted by Gasteiger charge is -2.46. The number of carbonyl (C=O) groups is 3. The number of carboxylic acids is 1.